The first-order valence-electron chi connectivity index (χ1n) is 7.11. The van der Waals surface area contributed by atoms with E-state index in [1.54, 1.807) is 30.3 Å². The molecule has 0 aliphatic rings. The van der Waals surface area contributed by atoms with E-state index in [-0.39, 0.29) is 5.78 Å². The molecule has 0 amide bonds. The lowest BCUT2D eigenvalue weighted by molar-refractivity contribution is 0.103. The van der Waals surface area contributed by atoms with Gasteiger partial charge in [-0.2, -0.15) is 0 Å². The molecule has 2 heterocycles. The standard InChI is InChI=1S/C16H19ClN2O2Si/c1-22(2,3)10-9-21-15-6-4-5-13(19-15)16(20)12-7-8-14(17)18-11-12/h4-8,11H,9-10H2,1-3H3. The molecule has 2 aromatic heterocycles. The molecule has 0 aromatic carbocycles. The second-order valence-electron chi connectivity index (χ2n) is 6.22. The maximum absolute atomic E-state index is 12.3. The molecule has 0 aliphatic heterocycles. The Morgan fingerprint density at radius 1 is 1.23 bits per heavy atom. The number of hydrogen-bond donors (Lipinski definition) is 0. The minimum absolute atomic E-state index is 0.195. The van der Waals surface area contributed by atoms with Gasteiger partial charge in [-0.25, -0.2) is 9.97 Å². The number of carbonyl (C=O) groups is 1. The van der Waals surface area contributed by atoms with Gasteiger partial charge in [0, 0.05) is 25.9 Å². The van der Waals surface area contributed by atoms with Crippen molar-refractivity contribution in [1.29, 1.82) is 0 Å². The number of nitrogens with zero attached hydrogens (tertiary/aromatic N) is 2. The Morgan fingerprint density at radius 3 is 2.64 bits per heavy atom. The predicted octanol–water partition coefficient (Wildman–Crippen LogP) is 4.08. The molecule has 6 heteroatoms. The minimum Gasteiger partial charge on any atom is -0.478 e. The number of ether oxygens (including phenoxy) is 1. The summed E-state index contributed by atoms with van der Waals surface area (Å²) >= 11 is 5.73. The van der Waals surface area contributed by atoms with Crippen LogP contribution in [0, 0.1) is 0 Å². The first-order valence-corrected chi connectivity index (χ1v) is 11.2. The summed E-state index contributed by atoms with van der Waals surface area (Å²) in [5, 5.41) is 0.355. The van der Waals surface area contributed by atoms with Crippen molar-refractivity contribution in [3.63, 3.8) is 0 Å². The minimum atomic E-state index is -1.15. The highest BCUT2D eigenvalue weighted by Gasteiger charge is 2.14. The van der Waals surface area contributed by atoms with Gasteiger partial charge in [0.2, 0.25) is 11.7 Å². The molecular formula is C16H19ClN2O2Si. The molecule has 2 rings (SSSR count). The fourth-order valence-electron chi connectivity index (χ4n) is 1.74. The van der Waals surface area contributed by atoms with E-state index in [0.29, 0.717) is 28.9 Å². The van der Waals surface area contributed by atoms with Crippen LogP contribution >= 0.6 is 11.6 Å². The summed E-state index contributed by atoms with van der Waals surface area (Å²) in [7, 11) is -1.15. The Bertz CT molecular complexity index is 654. The third kappa shape index (κ3) is 4.93. The molecule has 0 unspecified atom stereocenters. The zero-order valence-corrected chi connectivity index (χ0v) is 14.7. The normalized spacial score (nSPS) is 11.3. The number of rotatable bonds is 6. The molecule has 0 N–H and O–H groups in total. The third-order valence-corrected chi connectivity index (χ3v) is 4.98. The van der Waals surface area contributed by atoms with E-state index in [0.717, 1.165) is 6.04 Å². The van der Waals surface area contributed by atoms with E-state index in [2.05, 4.69) is 29.6 Å². The highest BCUT2D eigenvalue weighted by molar-refractivity contribution is 6.76. The van der Waals surface area contributed by atoms with Crippen molar-refractivity contribution in [3.05, 3.63) is 52.9 Å². The van der Waals surface area contributed by atoms with Crippen molar-refractivity contribution in [3.8, 4) is 5.88 Å². The van der Waals surface area contributed by atoms with Crippen molar-refractivity contribution >= 4 is 25.5 Å². The molecule has 0 atom stereocenters. The van der Waals surface area contributed by atoms with Crippen molar-refractivity contribution in [2.75, 3.05) is 6.61 Å². The smallest absolute Gasteiger partial charge is 0.213 e. The summed E-state index contributed by atoms with van der Waals surface area (Å²) in [6.45, 7) is 7.49. The fourth-order valence-corrected chi connectivity index (χ4v) is 2.57. The average molecular weight is 335 g/mol. The largest absolute Gasteiger partial charge is 0.478 e. The first kappa shape index (κ1) is 16.6. The number of aromatic nitrogens is 2. The number of halogens is 1. The molecule has 0 fully saturated rings. The predicted molar refractivity (Wildman–Crippen MR) is 90.6 cm³/mol. The van der Waals surface area contributed by atoms with E-state index >= 15 is 0 Å². The lowest BCUT2D eigenvalue weighted by Gasteiger charge is -2.15. The zero-order chi connectivity index (χ0) is 16.2. The average Bonchev–Trinajstić information content (AvgIpc) is 2.46. The van der Waals surface area contributed by atoms with Crippen LogP contribution in [-0.2, 0) is 0 Å². The van der Waals surface area contributed by atoms with Crippen molar-refractivity contribution in [2.24, 2.45) is 0 Å². The lowest BCUT2D eigenvalue weighted by Crippen LogP contribution is -2.22. The molecule has 2 aromatic rings. The van der Waals surface area contributed by atoms with Crippen molar-refractivity contribution in [1.82, 2.24) is 9.97 Å². The Morgan fingerprint density at radius 2 is 2.00 bits per heavy atom. The zero-order valence-electron chi connectivity index (χ0n) is 13.0. The van der Waals surface area contributed by atoms with Gasteiger partial charge in [-0.15, -0.1) is 0 Å². The van der Waals surface area contributed by atoms with Gasteiger partial charge in [0.05, 0.1) is 6.61 Å². The topological polar surface area (TPSA) is 52.1 Å². The SMILES string of the molecule is C[Si](C)(C)CCOc1cccc(C(=O)c2ccc(Cl)nc2)n1. The molecule has 0 radical (unpaired) electrons. The lowest BCUT2D eigenvalue weighted by atomic mass is 10.1. The summed E-state index contributed by atoms with van der Waals surface area (Å²) in [6, 6.07) is 9.48. The van der Waals surface area contributed by atoms with Gasteiger partial charge in [-0.3, -0.25) is 4.79 Å². The Kier molecular flexibility index (Phi) is 5.31. The van der Waals surface area contributed by atoms with E-state index in [1.165, 1.54) is 6.20 Å². The van der Waals surface area contributed by atoms with Crippen LogP contribution in [0.4, 0.5) is 0 Å². The van der Waals surface area contributed by atoms with Crippen LogP contribution in [0.3, 0.4) is 0 Å². The summed E-state index contributed by atoms with van der Waals surface area (Å²) < 4.78 is 5.66. The fraction of sp³-hybridized carbons (Fsp3) is 0.312. The van der Waals surface area contributed by atoms with Gasteiger partial charge >= 0.3 is 0 Å². The molecule has 0 aliphatic carbocycles. The maximum atomic E-state index is 12.3. The van der Waals surface area contributed by atoms with Gasteiger partial charge in [0.1, 0.15) is 10.8 Å². The summed E-state index contributed by atoms with van der Waals surface area (Å²) in [5.41, 5.74) is 0.797. The number of hydrogen-bond acceptors (Lipinski definition) is 4. The number of pyridine rings is 2. The van der Waals surface area contributed by atoms with E-state index in [1.807, 2.05) is 0 Å². The van der Waals surface area contributed by atoms with Crippen LogP contribution in [0.5, 0.6) is 5.88 Å². The van der Waals surface area contributed by atoms with Crippen molar-refractivity contribution in [2.45, 2.75) is 25.7 Å². The summed E-state index contributed by atoms with van der Waals surface area (Å²) in [6.07, 6.45) is 1.45. The Balaban J connectivity index is 2.07. The number of ketones is 1. The summed E-state index contributed by atoms with van der Waals surface area (Å²) in [4.78, 5) is 20.5. The highest BCUT2D eigenvalue weighted by atomic mass is 35.5. The first-order chi connectivity index (χ1) is 10.3. The Hall–Kier alpha value is -1.72. The van der Waals surface area contributed by atoms with Gasteiger partial charge in [-0.1, -0.05) is 37.3 Å². The van der Waals surface area contributed by atoms with E-state index in [9.17, 15) is 4.79 Å². The quantitative estimate of drug-likeness (QED) is 0.454. The van der Waals surface area contributed by atoms with Crippen LogP contribution in [-0.4, -0.2) is 30.4 Å². The maximum Gasteiger partial charge on any atom is 0.213 e. The summed E-state index contributed by atoms with van der Waals surface area (Å²) in [5.74, 6) is 0.283. The van der Waals surface area contributed by atoms with Gasteiger partial charge in [0.25, 0.3) is 0 Å². The third-order valence-electron chi connectivity index (χ3n) is 3.05. The molecular weight excluding hydrogens is 316 g/mol. The molecule has 22 heavy (non-hydrogen) atoms. The van der Waals surface area contributed by atoms with Crippen LogP contribution in [0.25, 0.3) is 0 Å². The second kappa shape index (κ2) is 7.02. The number of carbonyl (C=O) groups excluding carboxylic acids is 1. The van der Waals surface area contributed by atoms with Crippen LogP contribution in [0.1, 0.15) is 16.1 Å². The molecule has 116 valence electrons. The molecule has 4 nitrogen and oxygen atoms in total. The van der Waals surface area contributed by atoms with E-state index in [4.69, 9.17) is 16.3 Å². The molecule has 0 saturated carbocycles. The molecule has 0 bridgehead atoms. The highest BCUT2D eigenvalue weighted by Crippen LogP contribution is 2.15. The van der Waals surface area contributed by atoms with E-state index < -0.39 is 8.07 Å². The van der Waals surface area contributed by atoms with Crippen LogP contribution in [0.15, 0.2) is 36.5 Å². The van der Waals surface area contributed by atoms with Gasteiger partial charge < -0.3 is 4.74 Å². The van der Waals surface area contributed by atoms with Crippen LogP contribution < -0.4 is 4.74 Å². The second-order valence-corrected chi connectivity index (χ2v) is 12.2. The van der Waals surface area contributed by atoms with Gasteiger partial charge in [0.15, 0.2) is 0 Å². The molecule has 0 spiro atoms. The van der Waals surface area contributed by atoms with Crippen molar-refractivity contribution < 1.29 is 9.53 Å². The van der Waals surface area contributed by atoms with Gasteiger partial charge in [-0.05, 0) is 24.2 Å². The van der Waals surface area contributed by atoms with Crippen LogP contribution in [0.2, 0.25) is 30.8 Å². The molecule has 0 saturated heterocycles. The monoisotopic (exact) mass is 334 g/mol. The Labute approximate surface area is 136 Å².